The van der Waals surface area contributed by atoms with Crippen molar-refractivity contribution in [3.8, 4) is 0 Å². The van der Waals surface area contributed by atoms with Gasteiger partial charge in [-0.15, -0.1) is 0 Å². The maximum atomic E-state index is 12.6. The Labute approximate surface area is 171 Å². The SMILES string of the molecule is COC(=O)C[C@@H]1C[C@H](NC(=O)OC(C)(C)C)CN(C(=O)OCc2ccccc2)C1. The number of benzene rings is 1. The number of esters is 1. The quantitative estimate of drug-likeness (QED) is 0.596. The molecule has 1 fully saturated rings. The van der Waals surface area contributed by atoms with E-state index < -0.39 is 17.8 Å². The van der Waals surface area contributed by atoms with Crippen molar-refractivity contribution < 1.29 is 28.6 Å². The number of likely N-dealkylation sites (tertiary alicyclic amines) is 1. The first-order chi connectivity index (χ1) is 13.7. The van der Waals surface area contributed by atoms with E-state index in [1.165, 1.54) is 12.0 Å². The van der Waals surface area contributed by atoms with Gasteiger partial charge in [0.2, 0.25) is 0 Å². The first kappa shape index (κ1) is 22.5. The predicted molar refractivity (Wildman–Crippen MR) is 106 cm³/mol. The average Bonchev–Trinajstić information content (AvgIpc) is 2.65. The minimum atomic E-state index is -0.627. The Balaban J connectivity index is 1.99. The third-order valence-corrected chi connectivity index (χ3v) is 4.40. The third-order valence-electron chi connectivity index (χ3n) is 4.40. The van der Waals surface area contributed by atoms with E-state index >= 15 is 0 Å². The molecule has 0 unspecified atom stereocenters. The zero-order chi connectivity index (χ0) is 21.4. The lowest BCUT2D eigenvalue weighted by Crippen LogP contribution is -2.53. The van der Waals surface area contributed by atoms with E-state index in [1.807, 2.05) is 30.3 Å². The number of rotatable bonds is 5. The van der Waals surface area contributed by atoms with Crippen LogP contribution < -0.4 is 5.32 Å². The van der Waals surface area contributed by atoms with E-state index in [1.54, 1.807) is 20.8 Å². The number of hydrogen-bond acceptors (Lipinski definition) is 6. The van der Waals surface area contributed by atoms with Gasteiger partial charge < -0.3 is 24.4 Å². The Bertz CT molecular complexity index is 701. The molecule has 2 rings (SSSR count). The van der Waals surface area contributed by atoms with Crippen LogP contribution in [-0.2, 0) is 25.6 Å². The van der Waals surface area contributed by atoms with Gasteiger partial charge in [0.25, 0.3) is 0 Å². The Kier molecular flexibility index (Phi) is 7.87. The van der Waals surface area contributed by atoms with Gasteiger partial charge in [0.1, 0.15) is 12.2 Å². The van der Waals surface area contributed by atoms with Gasteiger partial charge in [-0.25, -0.2) is 9.59 Å². The molecular formula is C21H30N2O6. The number of nitrogens with one attached hydrogen (secondary N) is 1. The van der Waals surface area contributed by atoms with Crippen molar-refractivity contribution in [1.29, 1.82) is 0 Å². The predicted octanol–water partition coefficient (Wildman–Crippen LogP) is 3.10. The molecule has 160 valence electrons. The first-order valence-electron chi connectivity index (χ1n) is 9.68. The second kappa shape index (κ2) is 10.1. The van der Waals surface area contributed by atoms with E-state index in [-0.39, 0.29) is 37.5 Å². The Hall–Kier alpha value is -2.77. The lowest BCUT2D eigenvalue weighted by atomic mass is 9.91. The molecular weight excluding hydrogens is 376 g/mol. The topological polar surface area (TPSA) is 94.2 Å². The summed E-state index contributed by atoms with van der Waals surface area (Å²) in [5.74, 6) is -0.508. The molecule has 0 aromatic heterocycles. The molecule has 1 aromatic carbocycles. The summed E-state index contributed by atoms with van der Waals surface area (Å²) >= 11 is 0. The van der Waals surface area contributed by atoms with Gasteiger partial charge in [0.05, 0.1) is 19.6 Å². The van der Waals surface area contributed by atoms with Crippen molar-refractivity contribution in [1.82, 2.24) is 10.2 Å². The van der Waals surface area contributed by atoms with Crippen LogP contribution in [0.3, 0.4) is 0 Å². The summed E-state index contributed by atoms with van der Waals surface area (Å²) in [6.07, 6.45) is -0.347. The number of hydrogen-bond donors (Lipinski definition) is 1. The lowest BCUT2D eigenvalue weighted by molar-refractivity contribution is -0.142. The van der Waals surface area contributed by atoms with Crippen molar-refractivity contribution in [3.63, 3.8) is 0 Å². The standard InChI is InChI=1S/C21H30N2O6/c1-21(2,3)29-19(25)22-17-10-16(11-18(24)27-4)12-23(13-17)20(26)28-14-15-8-6-5-7-9-15/h5-9,16-17H,10-14H2,1-4H3,(H,22,25)/t16-,17-/m0/s1. The number of amides is 2. The minimum absolute atomic E-state index is 0.152. The smallest absolute Gasteiger partial charge is 0.410 e. The molecule has 1 heterocycles. The van der Waals surface area contributed by atoms with E-state index in [4.69, 9.17) is 14.2 Å². The van der Waals surface area contributed by atoms with Gasteiger partial charge in [-0.2, -0.15) is 0 Å². The number of nitrogens with zero attached hydrogens (tertiary/aromatic N) is 1. The van der Waals surface area contributed by atoms with E-state index in [2.05, 4.69) is 5.32 Å². The fourth-order valence-electron chi connectivity index (χ4n) is 3.21. The Morgan fingerprint density at radius 3 is 2.45 bits per heavy atom. The molecule has 2 atom stereocenters. The summed E-state index contributed by atoms with van der Waals surface area (Å²) in [6, 6.07) is 9.03. The van der Waals surface area contributed by atoms with Gasteiger partial charge in [-0.1, -0.05) is 30.3 Å². The molecule has 1 N–H and O–H groups in total. The molecule has 0 radical (unpaired) electrons. The maximum Gasteiger partial charge on any atom is 0.410 e. The molecule has 1 aromatic rings. The van der Waals surface area contributed by atoms with Crippen molar-refractivity contribution in [2.75, 3.05) is 20.2 Å². The molecule has 2 amide bonds. The minimum Gasteiger partial charge on any atom is -0.469 e. The molecule has 29 heavy (non-hydrogen) atoms. The van der Waals surface area contributed by atoms with Crippen molar-refractivity contribution in [2.24, 2.45) is 5.92 Å². The van der Waals surface area contributed by atoms with Crippen LogP contribution in [0.25, 0.3) is 0 Å². The highest BCUT2D eigenvalue weighted by Gasteiger charge is 2.33. The highest BCUT2D eigenvalue weighted by atomic mass is 16.6. The van der Waals surface area contributed by atoms with Crippen LogP contribution in [0.2, 0.25) is 0 Å². The van der Waals surface area contributed by atoms with Crippen molar-refractivity contribution in [2.45, 2.75) is 51.9 Å². The number of methoxy groups -OCH3 is 1. The normalized spacial score (nSPS) is 19.2. The first-order valence-corrected chi connectivity index (χ1v) is 9.68. The van der Waals surface area contributed by atoms with Crippen LogP contribution in [-0.4, -0.2) is 54.9 Å². The van der Waals surface area contributed by atoms with Gasteiger partial charge in [-0.3, -0.25) is 4.79 Å². The van der Waals surface area contributed by atoms with E-state index in [9.17, 15) is 14.4 Å². The molecule has 1 aliphatic heterocycles. The highest BCUT2D eigenvalue weighted by molar-refractivity contribution is 5.71. The summed E-state index contributed by atoms with van der Waals surface area (Å²) in [5, 5.41) is 2.79. The molecule has 1 aliphatic rings. The second-order valence-electron chi connectivity index (χ2n) is 8.17. The maximum absolute atomic E-state index is 12.6. The second-order valence-corrected chi connectivity index (χ2v) is 8.17. The number of carbonyl (C=O) groups is 3. The monoisotopic (exact) mass is 406 g/mol. The average molecular weight is 406 g/mol. The van der Waals surface area contributed by atoms with Gasteiger partial charge >= 0.3 is 18.2 Å². The van der Waals surface area contributed by atoms with Gasteiger partial charge in [0, 0.05) is 13.1 Å². The number of piperidine rings is 1. The van der Waals surface area contributed by atoms with Crippen LogP contribution in [0.5, 0.6) is 0 Å². The molecule has 0 bridgehead atoms. The van der Waals surface area contributed by atoms with Crippen molar-refractivity contribution in [3.05, 3.63) is 35.9 Å². The summed E-state index contributed by atoms with van der Waals surface area (Å²) in [5.41, 5.74) is 0.255. The Morgan fingerprint density at radius 2 is 1.83 bits per heavy atom. The number of alkyl carbamates (subject to hydrolysis) is 1. The van der Waals surface area contributed by atoms with E-state index in [0.29, 0.717) is 13.0 Å². The van der Waals surface area contributed by atoms with Crippen LogP contribution in [0, 0.1) is 5.92 Å². The Morgan fingerprint density at radius 1 is 1.14 bits per heavy atom. The number of ether oxygens (including phenoxy) is 3. The molecule has 1 saturated heterocycles. The fraction of sp³-hybridized carbons (Fsp3) is 0.571. The fourth-order valence-corrected chi connectivity index (χ4v) is 3.21. The summed E-state index contributed by atoms with van der Waals surface area (Å²) in [6.45, 7) is 6.13. The molecule has 8 heteroatoms. The van der Waals surface area contributed by atoms with Crippen LogP contribution in [0.4, 0.5) is 9.59 Å². The molecule has 0 aliphatic carbocycles. The molecule has 0 spiro atoms. The molecule has 0 saturated carbocycles. The highest BCUT2D eigenvalue weighted by Crippen LogP contribution is 2.22. The van der Waals surface area contributed by atoms with Gasteiger partial charge in [-0.05, 0) is 38.7 Å². The van der Waals surface area contributed by atoms with Crippen LogP contribution >= 0.6 is 0 Å². The lowest BCUT2D eigenvalue weighted by Gasteiger charge is -2.37. The summed E-state index contributed by atoms with van der Waals surface area (Å²) in [4.78, 5) is 37.9. The zero-order valence-electron chi connectivity index (χ0n) is 17.5. The van der Waals surface area contributed by atoms with Crippen LogP contribution in [0.15, 0.2) is 30.3 Å². The van der Waals surface area contributed by atoms with Crippen molar-refractivity contribution >= 4 is 18.2 Å². The molecule has 8 nitrogen and oxygen atoms in total. The van der Waals surface area contributed by atoms with E-state index in [0.717, 1.165) is 5.56 Å². The zero-order valence-corrected chi connectivity index (χ0v) is 17.5. The summed E-state index contributed by atoms with van der Waals surface area (Å²) in [7, 11) is 1.33. The largest absolute Gasteiger partial charge is 0.469 e. The van der Waals surface area contributed by atoms with Gasteiger partial charge in [0.15, 0.2) is 0 Å². The summed E-state index contributed by atoms with van der Waals surface area (Å²) < 4.78 is 15.5. The third kappa shape index (κ3) is 8.01. The van der Waals surface area contributed by atoms with Crippen LogP contribution in [0.1, 0.15) is 39.2 Å². The number of carbonyl (C=O) groups excluding carboxylic acids is 3.